The third-order valence-electron chi connectivity index (χ3n) is 2.82. The van der Waals surface area contributed by atoms with Gasteiger partial charge in [-0.2, -0.15) is 0 Å². The molecule has 0 unspecified atom stereocenters. The minimum Gasteiger partial charge on any atom is -0.450 e. The predicted molar refractivity (Wildman–Crippen MR) is 51.5 cm³/mol. The summed E-state index contributed by atoms with van der Waals surface area (Å²) in [7, 11) is 0. The van der Waals surface area contributed by atoms with Crippen molar-refractivity contribution in [3.63, 3.8) is 0 Å². The molecule has 0 aromatic heterocycles. The molecule has 0 saturated heterocycles. The largest absolute Gasteiger partial charge is 0.450 e. The quantitative estimate of drug-likeness (QED) is 0.731. The summed E-state index contributed by atoms with van der Waals surface area (Å²) in [5, 5.41) is 2.79. The fourth-order valence-corrected chi connectivity index (χ4v) is 1.92. The smallest absolute Gasteiger partial charge is 0.407 e. The van der Waals surface area contributed by atoms with Crippen molar-refractivity contribution >= 4 is 6.09 Å². The number of ether oxygens (including phenoxy) is 1. The molecule has 0 radical (unpaired) electrons. The van der Waals surface area contributed by atoms with E-state index in [1.165, 1.54) is 19.3 Å². The van der Waals surface area contributed by atoms with E-state index in [-0.39, 0.29) is 6.09 Å². The van der Waals surface area contributed by atoms with Crippen LogP contribution in [-0.2, 0) is 4.74 Å². The van der Waals surface area contributed by atoms with Crippen molar-refractivity contribution in [2.24, 2.45) is 11.8 Å². The zero-order chi connectivity index (χ0) is 9.68. The second kappa shape index (κ2) is 5.10. The van der Waals surface area contributed by atoms with Crippen LogP contribution >= 0.6 is 0 Å². The first-order chi connectivity index (χ1) is 6.24. The Labute approximate surface area is 79.8 Å². The van der Waals surface area contributed by atoms with Crippen molar-refractivity contribution in [2.75, 3.05) is 13.2 Å². The summed E-state index contributed by atoms with van der Waals surface area (Å²) >= 11 is 0. The molecule has 0 bridgehead atoms. The van der Waals surface area contributed by atoms with Crippen molar-refractivity contribution in [1.82, 2.24) is 5.32 Å². The summed E-state index contributed by atoms with van der Waals surface area (Å²) in [5.41, 5.74) is 0. The molecule has 1 saturated carbocycles. The molecule has 3 nitrogen and oxygen atoms in total. The maximum atomic E-state index is 11.0. The van der Waals surface area contributed by atoms with Crippen molar-refractivity contribution in [3.8, 4) is 0 Å². The van der Waals surface area contributed by atoms with E-state index in [2.05, 4.69) is 12.2 Å². The maximum absolute atomic E-state index is 11.0. The predicted octanol–water partition coefficient (Wildman–Crippen LogP) is 2.17. The molecule has 0 spiro atoms. The molecule has 3 heteroatoms. The monoisotopic (exact) mass is 185 g/mol. The molecular weight excluding hydrogens is 166 g/mol. The normalized spacial score (nSPS) is 27.2. The van der Waals surface area contributed by atoms with Gasteiger partial charge in [-0.1, -0.05) is 19.8 Å². The zero-order valence-electron chi connectivity index (χ0n) is 8.51. The van der Waals surface area contributed by atoms with Gasteiger partial charge in [-0.3, -0.25) is 0 Å². The molecule has 2 atom stereocenters. The highest BCUT2D eigenvalue weighted by molar-refractivity contribution is 5.67. The van der Waals surface area contributed by atoms with Crippen LogP contribution in [0.15, 0.2) is 0 Å². The second-order valence-corrected chi connectivity index (χ2v) is 3.77. The Morgan fingerprint density at radius 1 is 1.54 bits per heavy atom. The van der Waals surface area contributed by atoms with E-state index in [0.29, 0.717) is 12.5 Å². The van der Waals surface area contributed by atoms with Gasteiger partial charge >= 0.3 is 6.09 Å². The van der Waals surface area contributed by atoms with E-state index >= 15 is 0 Å². The van der Waals surface area contributed by atoms with Gasteiger partial charge in [-0.05, 0) is 25.2 Å². The Kier molecular flexibility index (Phi) is 4.06. The summed E-state index contributed by atoms with van der Waals surface area (Å²) in [6.45, 7) is 5.30. The van der Waals surface area contributed by atoms with Crippen molar-refractivity contribution in [2.45, 2.75) is 33.1 Å². The highest BCUT2D eigenvalue weighted by atomic mass is 16.5. The van der Waals surface area contributed by atoms with Crippen LogP contribution in [0, 0.1) is 11.8 Å². The number of carbonyl (C=O) groups excluding carboxylic acids is 1. The molecule has 1 N–H and O–H groups in total. The van der Waals surface area contributed by atoms with Gasteiger partial charge in [0.15, 0.2) is 0 Å². The number of alkyl carbamates (subject to hydrolysis) is 1. The summed E-state index contributed by atoms with van der Waals surface area (Å²) in [6.07, 6.45) is 3.57. The number of nitrogens with one attached hydrogen (secondary N) is 1. The molecule has 1 fully saturated rings. The van der Waals surface area contributed by atoms with Crippen molar-refractivity contribution < 1.29 is 9.53 Å². The van der Waals surface area contributed by atoms with Gasteiger partial charge in [0.1, 0.15) is 0 Å². The molecule has 76 valence electrons. The van der Waals surface area contributed by atoms with Crippen LogP contribution in [0.4, 0.5) is 4.79 Å². The summed E-state index contributed by atoms with van der Waals surface area (Å²) < 4.78 is 4.79. The third-order valence-corrected chi connectivity index (χ3v) is 2.82. The molecule has 1 amide bonds. The van der Waals surface area contributed by atoms with E-state index in [9.17, 15) is 4.79 Å². The summed E-state index contributed by atoms with van der Waals surface area (Å²) in [6, 6.07) is 0. The first-order valence-corrected chi connectivity index (χ1v) is 5.14. The summed E-state index contributed by atoms with van der Waals surface area (Å²) in [5.74, 6) is 1.41. The first kappa shape index (κ1) is 10.4. The van der Waals surface area contributed by atoms with Crippen LogP contribution in [0.5, 0.6) is 0 Å². The van der Waals surface area contributed by atoms with Crippen molar-refractivity contribution in [3.05, 3.63) is 0 Å². The van der Waals surface area contributed by atoms with E-state index in [4.69, 9.17) is 4.74 Å². The number of rotatable bonds is 3. The Balaban J connectivity index is 2.14. The van der Waals surface area contributed by atoms with E-state index in [0.717, 1.165) is 12.5 Å². The molecule has 1 aliphatic carbocycles. The fourth-order valence-electron chi connectivity index (χ4n) is 1.92. The van der Waals surface area contributed by atoms with Gasteiger partial charge in [0.2, 0.25) is 0 Å². The molecule has 0 aromatic rings. The molecule has 0 aromatic carbocycles. The lowest BCUT2D eigenvalue weighted by atomic mass is 9.98. The minimum atomic E-state index is -0.276. The van der Waals surface area contributed by atoms with Crippen LogP contribution < -0.4 is 5.32 Å². The third kappa shape index (κ3) is 3.25. The number of hydrogen-bond donors (Lipinski definition) is 1. The van der Waals surface area contributed by atoms with Gasteiger partial charge in [0.05, 0.1) is 6.61 Å². The van der Waals surface area contributed by atoms with Crippen LogP contribution in [0.1, 0.15) is 33.1 Å². The van der Waals surface area contributed by atoms with E-state index in [1.54, 1.807) is 0 Å². The topological polar surface area (TPSA) is 38.3 Å². The molecular formula is C10H19NO2. The fraction of sp³-hybridized carbons (Fsp3) is 0.900. The Bertz CT molecular complexity index is 170. The van der Waals surface area contributed by atoms with E-state index in [1.807, 2.05) is 6.92 Å². The Morgan fingerprint density at radius 2 is 2.31 bits per heavy atom. The van der Waals surface area contributed by atoms with Gasteiger partial charge in [-0.25, -0.2) is 4.79 Å². The lowest BCUT2D eigenvalue weighted by Crippen LogP contribution is -2.30. The first-order valence-electron chi connectivity index (χ1n) is 5.14. The SMILES string of the molecule is CCOC(=O)NC[C@@H]1CCC[C@H]1C. The summed E-state index contributed by atoms with van der Waals surface area (Å²) in [4.78, 5) is 11.0. The van der Waals surface area contributed by atoms with Gasteiger partial charge < -0.3 is 10.1 Å². The second-order valence-electron chi connectivity index (χ2n) is 3.77. The highest BCUT2D eigenvalue weighted by Crippen LogP contribution is 2.30. The van der Waals surface area contributed by atoms with Gasteiger partial charge in [0, 0.05) is 6.54 Å². The van der Waals surface area contributed by atoms with Gasteiger partial charge in [0.25, 0.3) is 0 Å². The van der Waals surface area contributed by atoms with Crippen LogP contribution in [-0.4, -0.2) is 19.2 Å². The number of hydrogen-bond acceptors (Lipinski definition) is 2. The average molecular weight is 185 g/mol. The molecule has 13 heavy (non-hydrogen) atoms. The number of carbonyl (C=O) groups is 1. The van der Waals surface area contributed by atoms with Crippen molar-refractivity contribution in [1.29, 1.82) is 0 Å². The van der Waals surface area contributed by atoms with E-state index < -0.39 is 0 Å². The lowest BCUT2D eigenvalue weighted by molar-refractivity contribution is 0.149. The Hall–Kier alpha value is -0.730. The minimum absolute atomic E-state index is 0.276. The standard InChI is InChI=1S/C10H19NO2/c1-3-13-10(12)11-7-9-6-4-5-8(9)2/h8-9H,3-7H2,1-2H3,(H,11,12)/t8-,9+/m1/s1. The Morgan fingerprint density at radius 3 is 2.85 bits per heavy atom. The van der Waals surface area contributed by atoms with Crippen LogP contribution in [0.2, 0.25) is 0 Å². The van der Waals surface area contributed by atoms with Crippen LogP contribution in [0.3, 0.4) is 0 Å². The lowest BCUT2D eigenvalue weighted by Gasteiger charge is -2.15. The molecule has 0 aliphatic heterocycles. The average Bonchev–Trinajstić information content (AvgIpc) is 2.48. The molecule has 0 heterocycles. The highest BCUT2D eigenvalue weighted by Gasteiger charge is 2.23. The maximum Gasteiger partial charge on any atom is 0.407 e. The zero-order valence-corrected chi connectivity index (χ0v) is 8.51. The molecule has 1 aliphatic rings. The molecule has 1 rings (SSSR count). The number of amides is 1. The van der Waals surface area contributed by atoms with Gasteiger partial charge in [-0.15, -0.1) is 0 Å². The van der Waals surface area contributed by atoms with Crippen LogP contribution in [0.25, 0.3) is 0 Å².